The number of hydrogen-bond donors (Lipinski definition) is 0. The molecule has 296 valence electrons. The van der Waals surface area contributed by atoms with Crippen LogP contribution < -0.4 is 4.74 Å². The van der Waals surface area contributed by atoms with Gasteiger partial charge in [0.1, 0.15) is 11.9 Å². The standard InChI is InChI=1S/C59H39N3O/c1-2-12-38(13-3-1)40-24-26-41(27-25-40)46-18-10-19-47(36-46)51-34-35-54-55(52-21-8-9-23-53(52)63-54)56(51)59-61-57(60-58(62-59)48-33-28-39-14-4-5-16-45(39)37-48)44-31-29-43(30-32-44)50-22-11-17-42-15-6-7-20-49(42)50/h1-37,52-53H. The number of benzene rings is 9. The number of fused-ring (bicyclic) bond motifs is 5. The number of rotatable bonds is 7. The molecule has 0 saturated heterocycles. The molecule has 0 amide bonds. The Balaban J connectivity index is 1.03. The Bertz CT molecular complexity index is 3420. The topological polar surface area (TPSA) is 47.9 Å². The Kier molecular flexibility index (Phi) is 8.93. The lowest BCUT2D eigenvalue weighted by Crippen LogP contribution is -2.16. The number of hydrogen-bond acceptors (Lipinski definition) is 4. The van der Waals surface area contributed by atoms with Gasteiger partial charge in [-0.25, -0.2) is 15.0 Å². The van der Waals surface area contributed by atoms with Gasteiger partial charge in [0.15, 0.2) is 17.5 Å². The first-order valence-electron chi connectivity index (χ1n) is 21.5. The minimum absolute atomic E-state index is 0.00187. The summed E-state index contributed by atoms with van der Waals surface area (Å²) in [6, 6.07) is 70.9. The number of nitrogens with zero attached hydrogens (tertiary/aromatic N) is 3. The van der Waals surface area contributed by atoms with E-state index in [1.165, 1.54) is 27.5 Å². The zero-order valence-corrected chi connectivity index (χ0v) is 34.3. The maximum atomic E-state index is 6.66. The van der Waals surface area contributed by atoms with Gasteiger partial charge in [0, 0.05) is 28.2 Å². The second kappa shape index (κ2) is 15.4. The summed E-state index contributed by atoms with van der Waals surface area (Å²) in [5.74, 6) is 2.68. The maximum Gasteiger partial charge on any atom is 0.165 e. The van der Waals surface area contributed by atoms with Gasteiger partial charge in [0.2, 0.25) is 0 Å². The summed E-state index contributed by atoms with van der Waals surface area (Å²) in [4.78, 5) is 16.1. The van der Waals surface area contributed by atoms with Crippen LogP contribution in [0.2, 0.25) is 0 Å². The average molecular weight is 806 g/mol. The highest BCUT2D eigenvalue weighted by Gasteiger charge is 2.37. The summed E-state index contributed by atoms with van der Waals surface area (Å²) < 4.78 is 6.66. The lowest BCUT2D eigenvalue weighted by Gasteiger charge is -2.19. The van der Waals surface area contributed by atoms with Gasteiger partial charge in [-0.05, 0) is 96.4 Å². The predicted molar refractivity (Wildman–Crippen MR) is 258 cm³/mol. The third-order valence-electron chi connectivity index (χ3n) is 12.5. The van der Waals surface area contributed by atoms with E-state index in [0.717, 1.165) is 66.6 Å². The highest BCUT2D eigenvalue weighted by atomic mass is 16.5. The lowest BCUT2D eigenvalue weighted by atomic mass is 9.84. The molecule has 0 bridgehead atoms. The summed E-state index contributed by atoms with van der Waals surface area (Å²) in [6.07, 6.45) is 8.46. The molecule has 4 heteroatoms. The summed E-state index contributed by atoms with van der Waals surface area (Å²) in [5.41, 5.74) is 13.0. The van der Waals surface area contributed by atoms with Crippen molar-refractivity contribution in [3.05, 3.63) is 230 Å². The van der Waals surface area contributed by atoms with Crippen LogP contribution >= 0.6 is 0 Å². The second-order valence-electron chi connectivity index (χ2n) is 16.3. The van der Waals surface area contributed by atoms with Gasteiger partial charge in [-0.15, -0.1) is 0 Å². The fourth-order valence-electron chi connectivity index (χ4n) is 9.32. The molecule has 2 unspecified atom stereocenters. The van der Waals surface area contributed by atoms with Crippen molar-refractivity contribution in [2.75, 3.05) is 0 Å². The van der Waals surface area contributed by atoms with E-state index in [-0.39, 0.29) is 12.0 Å². The first-order valence-corrected chi connectivity index (χ1v) is 21.5. The Labute approximate surface area is 366 Å². The van der Waals surface area contributed by atoms with Crippen LogP contribution in [0.3, 0.4) is 0 Å². The third kappa shape index (κ3) is 6.70. The highest BCUT2D eigenvalue weighted by molar-refractivity contribution is 5.97. The Morgan fingerprint density at radius 2 is 0.937 bits per heavy atom. The van der Waals surface area contributed by atoms with Crippen LogP contribution in [0.4, 0.5) is 0 Å². The molecule has 2 aliphatic rings. The fraction of sp³-hybridized carbons (Fsp3) is 0.0339. The van der Waals surface area contributed by atoms with Crippen LogP contribution in [-0.4, -0.2) is 21.1 Å². The molecule has 0 N–H and O–H groups in total. The number of aromatic nitrogens is 3. The molecule has 0 spiro atoms. The third-order valence-corrected chi connectivity index (χ3v) is 12.5. The molecule has 2 atom stereocenters. The quantitative estimate of drug-likeness (QED) is 0.161. The van der Waals surface area contributed by atoms with E-state index in [0.29, 0.717) is 17.5 Å². The smallest absolute Gasteiger partial charge is 0.165 e. The lowest BCUT2D eigenvalue weighted by molar-refractivity contribution is 0.269. The van der Waals surface area contributed by atoms with Crippen LogP contribution in [0.5, 0.6) is 5.75 Å². The fourth-order valence-corrected chi connectivity index (χ4v) is 9.32. The Morgan fingerprint density at radius 3 is 1.78 bits per heavy atom. The molecule has 10 aromatic rings. The maximum absolute atomic E-state index is 6.66. The van der Waals surface area contributed by atoms with Crippen LogP contribution in [0.25, 0.3) is 100 Å². The van der Waals surface area contributed by atoms with Gasteiger partial charge in [-0.1, -0.05) is 194 Å². The molecule has 9 aromatic carbocycles. The van der Waals surface area contributed by atoms with Crippen LogP contribution in [-0.2, 0) is 0 Å². The normalized spacial score (nSPS) is 15.0. The van der Waals surface area contributed by atoms with E-state index in [9.17, 15) is 0 Å². The minimum atomic E-state index is -0.114. The first-order chi connectivity index (χ1) is 31.2. The van der Waals surface area contributed by atoms with Crippen molar-refractivity contribution in [3.63, 3.8) is 0 Å². The largest absolute Gasteiger partial charge is 0.485 e. The van der Waals surface area contributed by atoms with E-state index in [1.54, 1.807) is 0 Å². The van der Waals surface area contributed by atoms with Crippen molar-refractivity contribution in [2.45, 2.75) is 12.0 Å². The van der Waals surface area contributed by atoms with Crippen molar-refractivity contribution in [3.8, 4) is 84.4 Å². The van der Waals surface area contributed by atoms with Gasteiger partial charge in [0.25, 0.3) is 0 Å². The van der Waals surface area contributed by atoms with Gasteiger partial charge in [0.05, 0.1) is 0 Å². The molecular weight excluding hydrogens is 767 g/mol. The van der Waals surface area contributed by atoms with E-state index in [4.69, 9.17) is 19.7 Å². The molecule has 12 rings (SSSR count). The SMILES string of the molecule is C1=CC2Oc3ccc(-c4cccc(-c5ccc(-c6ccccc6)cc5)c4)c(-c4nc(-c5ccc(-c6cccc7ccccc67)cc5)nc(-c5ccc6ccccc6c5)n4)c3C2C=C1. The highest BCUT2D eigenvalue weighted by Crippen LogP contribution is 2.50. The van der Waals surface area contributed by atoms with Crippen molar-refractivity contribution in [1.82, 2.24) is 15.0 Å². The van der Waals surface area contributed by atoms with Crippen LogP contribution in [0, 0.1) is 0 Å². The molecule has 0 fully saturated rings. The van der Waals surface area contributed by atoms with Gasteiger partial charge in [-0.2, -0.15) is 0 Å². The summed E-state index contributed by atoms with van der Waals surface area (Å²) in [5, 5.41) is 4.73. The summed E-state index contributed by atoms with van der Waals surface area (Å²) in [7, 11) is 0. The van der Waals surface area contributed by atoms with E-state index >= 15 is 0 Å². The zero-order valence-electron chi connectivity index (χ0n) is 34.3. The van der Waals surface area contributed by atoms with Gasteiger partial charge in [-0.3, -0.25) is 0 Å². The van der Waals surface area contributed by atoms with Crippen molar-refractivity contribution < 1.29 is 4.74 Å². The molecule has 1 aliphatic carbocycles. The molecule has 0 radical (unpaired) electrons. The van der Waals surface area contributed by atoms with Crippen LogP contribution in [0.1, 0.15) is 11.5 Å². The van der Waals surface area contributed by atoms with E-state index < -0.39 is 0 Å². The predicted octanol–water partition coefficient (Wildman–Crippen LogP) is 14.8. The summed E-state index contributed by atoms with van der Waals surface area (Å²) >= 11 is 0. The Morgan fingerprint density at radius 1 is 0.349 bits per heavy atom. The van der Waals surface area contributed by atoms with Crippen LogP contribution in [0.15, 0.2) is 224 Å². The van der Waals surface area contributed by atoms with Gasteiger partial charge < -0.3 is 4.74 Å². The molecule has 4 nitrogen and oxygen atoms in total. The first kappa shape index (κ1) is 36.6. The van der Waals surface area contributed by atoms with E-state index in [2.05, 4.69) is 224 Å². The molecule has 1 aliphatic heterocycles. The summed E-state index contributed by atoms with van der Waals surface area (Å²) in [6.45, 7) is 0. The number of allylic oxidation sites excluding steroid dienone is 2. The molecule has 1 aromatic heterocycles. The van der Waals surface area contributed by atoms with E-state index in [1.807, 2.05) is 0 Å². The van der Waals surface area contributed by atoms with Crippen molar-refractivity contribution in [2.24, 2.45) is 0 Å². The zero-order chi connectivity index (χ0) is 41.7. The van der Waals surface area contributed by atoms with Gasteiger partial charge >= 0.3 is 0 Å². The molecular formula is C59H39N3O. The average Bonchev–Trinajstić information content (AvgIpc) is 3.75. The molecule has 2 heterocycles. The monoisotopic (exact) mass is 805 g/mol. The minimum Gasteiger partial charge on any atom is -0.485 e. The molecule has 0 saturated carbocycles. The Hall–Kier alpha value is -8.21. The molecule has 63 heavy (non-hydrogen) atoms. The second-order valence-corrected chi connectivity index (χ2v) is 16.3. The van der Waals surface area contributed by atoms with Crippen molar-refractivity contribution in [1.29, 1.82) is 0 Å². The number of ether oxygens (including phenoxy) is 1. The van der Waals surface area contributed by atoms with Crippen molar-refractivity contribution >= 4 is 21.5 Å².